The fourth-order valence-corrected chi connectivity index (χ4v) is 3.07. The Labute approximate surface area is 128 Å². The maximum Gasteiger partial charge on any atom is 0.419 e. The third kappa shape index (κ3) is 3.02. The number of nitrogens with zero attached hydrogens (tertiary/aromatic N) is 2. The lowest BCUT2D eigenvalue weighted by Crippen LogP contribution is -2.46. The molecule has 2 aliphatic rings. The first-order chi connectivity index (χ1) is 9.90. The van der Waals surface area contributed by atoms with Crippen LogP contribution in [-0.2, 0) is 15.7 Å². The molecule has 3 rings (SSSR count). The van der Waals surface area contributed by atoms with Gasteiger partial charge in [0.05, 0.1) is 18.8 Å². The van der Waals surface area contributed by atoms with Crippen molar-refractivity contribution in [3.63, 3.8) is 0 Å². The largest absolute Gasteiger partial charge is 0.419 e. The fourth-order valence-electron chi connectivity index (χ4n) is 2.74. The van der Waals surface area contributed by atoms with Crippen molar-refractivity contribution < 1.29 is 22.6 Å². The van der Waals surface area contributed by atoms with Crippen LogP contribution < -0.4 is 4.90 Å². The molecular formula is C13H14BrF3N2O2. The van der Waals surface area contributed by atoms with E-state index in [0.29, 0.717) is 43.6 Å². The van der Waals surface area contributed by atoms with Crippen LogP contribution in [0.25, 0.3) is 0 Å². The van der Waals surface area contributed by atoms with Crippen LogP contribution in [0.2, 0.25) is 0 Å². The Kier molecular flexibility index (Phi) is 3.87. The Hall–Kier alpha value is -0.860. The molecule has 0 radical (unpaired) electrons. The molecule has 0 aliphatic carbocycles. The fraction of sp³-hybridized carbons (Fsp3) is 0.615. The summed E-state index contributed by atoms with van der Waals surface area (Å²) < 4.78 is 50.9. The summed E-state index contributed by atoms with van der Waals surface area (Å²) in [5.41, 5.74) is -0.721. The second-order valence-electron chi connectivity index (χ2n) is 5.12. The summed E-state index contributed by atoms with van der Waals surface area (Å²) in [5, 5.41) is 0. The number of hydrogen-bond acceptors (Lipinski definition) is 4. The molecule has 2 fully saturated rings. The van der Waals surface area contributed by atoms with Crippen molar-refractivity contribution >= 4 is 21.7 Å². The summed E-state index contributed by atoms with van der Waals surface area (Å²) in [4.78, 5) is 5.61. The summed E-state index contributed by atoms with van der Waals surface area (Å²) >= 11 is 3.04. The van der Waals surface area contributed by atoms with Gasteiger partial charge in [-0.2, -0.15) is 13.2 Å². The van der Waals surface area contributed by atoms with E-state index < -0.39 is 17.5 Å². The highest BCUT2D eigenvalue weighted by Crippen LogP contribution is 2.39. The minimum Gasteiger partial charge on any atom is -0.356 e. The van der Waals surface area contributed by atoms with Crippen molar-refractivity contribution in [1.29, 1.82) is 0 Å². The van der Waals surface area contributed by atoms with Gasteiger partial charge in [0.2, 0.25) is 0 Å². The van der Waals surface area contributed by atoms with E-state index in [-0.39, 0.29) is 5.82 Å². The van der Waals surface area contributed by atoms with Crippen LogP contribution in [-0.4, -0.2) is 37.1 Å². The molecule has 1 aromatic heterocycles. The van der Waals surface area contributed by atoms with Crippen molar-refractivity contribution in [2.45, 2.75) is 24.8 Å². The van der Waals surface area contributed by atoms with Gasteiger partial charge in [-0.15, -0.1) is 0 Å². The lowest BCUT2D eigenvalue weighted by molar-refractivity contribution is -0.169. The van der Waals surface area contributed by atoms with Crippen LogP contribution in [0, 0.1) is 0 Å². The van der Waals surface area contributed by atoms with Gasteiger partial charge in [0.15, 0.2) is 5.79 Å². The highest BCUT2D eigenvalue weighted by molar-refractivity contribution is 9.10. The van der Waals surface area contributed by atoms with E-state index in [1.54, 1.807) is 4.90 Å². The first kappa shape index (κ1) is 15.1. The zero-order valence-corrected chi connectivity index (χ0v) is 12.7. The summed E-state index contributed by atoms with van der Waals surface area (Å²) in [6.07, 6.45) is -1.96. The van der Waals surface area contributed by atoms with Crippen molar-refractivity contribution in [2.75, 3.05) is 31.2 Å². The SMILES string of the molecule is FC(F)(F)c1cc(Br)cnc1N1CCC2(CC1)OCCO2. The van der Waals surface area contributed by atoms with E-state index in [0.717, 1.165) is 6.07 Å². The molecule has 2 saturated heterocycles. The molecule has 0 N–H and O–H groups in total. The van der Waals surface area contributed by atoms with Crippen molar-refractivity contribution in [1.82, 2.24) is 4.98 Å². The predicted molar refractivity (Wildman–Crippen MR) is 73.0 cm³/mol. The van der Waals surface area contributed by atoms with Gasteiger partial charge in [0.1, 0.15) is 5.82 Å². The minimum atomic E-state index is -4.43. The summed E-state index contributed by atoms with van der Waals surface area (Å²) in [6.45, 7) is 1.95. The zero-order valence-electron chi connectivity index (χ0n) is 11.1. The van der Waals surface area contributed by atoms with Gasteiger partial charge < -0.3 is 14.4 Å². The lowest BCUT2D eigenvalue weighted by Gasteiger charge is -2.38. The summed E-state index contributed by atoms with van der Waals surface area (Å²) in [6, 6.07) is 1.06. The number of piperidine rings is 1. The molecule has 4 nitrogen and oxygen atoms in total. The van der Waals surface area contributed by atoms with Gasteiger partial charge in [0, 0.05) is 36.6 Å². The van der Waals surface area contributed by atoms with E-state index in [2.05, 4.69) is 20.9 Å². The van der Waals surface area contributed by atoms with Gasteiger partial charge in [-0.05, 0) is 22.0 Å². The quantitative estimate of drug-likeness (QED) is 0.764. The Morgan fingerprint density at radius 3 is 2.38 bits per heavy atom. The molecule has 0 bridgehead atoms. The maximum absolute atomic E-state index is 13.1. The molecular weight excluding hydrogens is 353 g/mol. The summed E-state index contributed by atoms with van der Waals surface area (Å²) in [5.74, 6) is -0.636. The molecule has 1 spiro atoms. The van der Waals surface area contributed by atoms with Crippen molar-refractivity contribution in [3.8, 4) is 0 Å². The van der Waals surface area contributed by atoms with Crippen LogP contribution in [0.3, 0.4) is 0 Å². The highest BCUT2D eigenvalue weighted by atomic mass is 79.9. The Balaban J connectivity index is 1.82. The Morgan fingerprint density at radius 2 is 1.81 bits per heavy atom. The van der Waals surface area contributed by atoms with Crippen LogP contribution in [0.5, 0.6) is 0 Å². The van der Waals surface area contributed by atoms with E-state index >= 15 is 0 Å². The number of hydrogen-bond donors (Lipinski definition) is 0. The predicted octanol–water partition coefficient (Wildman–Crippen LogP) is 3.21. The molecule has 116 valence electrons. The molecule has 0 unspecified atom stereocenters. The first-order valence-corrected chi connectivity index (χ1v) is 7.45. The normalized spacial score (nSPS) is 22.0. The van der Waals surface area contributed by atoms with Crippen molar-refractivity contribution in [3.05, 3.63) is 22.3 Å². The smallest absolute Gasteiger partial charge is 0.356 e. The molecule has 8 heteroatoms. The number of halogens is 4. The monoisotopic (exact) mass is 366 g/mol. The average molecular weight is 367 g/mol. The lowest BCUT2D eigenvalue weighted by atomic mass is 10.0. The van der Waals surface area contributed by atoms with E-state index in [4.69, 9.17) is 9.47 Å². The molecule has 0 saturated carbocycles. The standard InChI is InChI=1S/C13H14BrF3N2O2/c14-9-7-10(13(15,16)17)11(18-8-9)19-3-1-12(2-4-19)20-5-6-21-12/h7-8H,1-6H2. The molecule has 3 heterocycles. The number of alkyl halides is 3. The van der Waals surface area contributed by atoms with Crippen LogP contribution in [0.4, 0.5) is 19.0 Å². The zero-order chi connectivity index (χ0) is 15.1. The van der Waals surface area contributed by atoms with Gasteiger partial charge in [-0.1, -0.05) is 0 Å². The first-order valence-electron chi connectivity index (χ1n) is 6.65. The Bertz CT molecular complexity index is 523. The third-order valence-corrected chi connectivity index (χ3v) is 4.21. The number of aromatic nitrogens is 1. The topological polar surface area (TPSA) is 34.6 Å². The number of rotatable bonds is 1. The second kappa shape index (κ2) is 5.40. The van der Waals surface area contributed by atoms with Gasteiger partial charge in [0.25, 0.3) is 0 Å². The van der Waals surface area contributed by atoms with Gasteiger partial charge in [-0.25, -0.2) is 4.98 Å². The second-order valence-corrected chi connectivity index (χ2v) is 6.03. The van der Waals surface area contributed by atoms with Gasteiger partial charge >= 0.3 is 6.18 Å². The van der Waals surface area contributed by atoms with Crippen molar-refractivity contribution in [2.24, 2.45) is 0 Å². The number of ether oxygens (including phenoxy) is 2. The Morgan fingerprint density at radius 1 is 1.19 bits per heavy atom. The van der Waals surface area contributed by atoms with Gasteiger partial charge in [-0.3, -0.25) is 0 Å². The van der Waals surface area contributed by atoms with Crippen LogP contribution in [0.1, 0.15) is 18.4 Å². The van der Waals surface area contributed by atoms with Crippen LogP contribution >= 0.6 is 15.9 Å². The molecule has 0 aromatic carbocycles. The molecule has 0 amide bonds. The highest BCUT2D eigenvalue weighted by Gasteiger charge is 2.42. The van der Waals surface area contributed by atoms with E-state index in [1.807, 2.05) is 0 Å². The summed E-state index contributed by atoms with van der Waals surface area (Å²) in [7, 11) is 0. The molecule has 0 atom stereocenters. The van der Waals surface area contributed by atoms with E-state index in [1.165, 1.54) is 6.20 Å². The average Bonchev–Trinajstić information content (AvgIpc) is 2.87. The van der Waals surface area contributed by atoms with Crippen LogP contribution in [0.15, 0.2) is 16.7 Å². The van der Waals surface area contributed by atoms with E-state index in [9.17, 15) is 13.2 Å². The number of anilines is 1. The molecule has 2 aliphatic heterocycles. The minimum absolute atomic E-state index is 0.0291. The maximum atomic E-state index is 13.1. The number of pyridine rings is 1. The molecule has 1 aromatic rings. The molecule has 21 heavy (non-hydrogen) atoms. The third-order valence-electron chi connectivity index (χ3n) is 3.78.